The first kappa shape index (κ1) is 17.5. The predicted octanol–water partition coefficient (Wildman–Crippen LogP) is 3.14. The van der Waals surface area contributed by atoms with Crippen LogP contribution in [0.3, 0.4) is 0 Å². The molecule has 1 fully saturated rings. The first-order chi connectivity index (χ1) is 11.9. The molecule has 2 N–H and O–H groups in total. The number of amides is 1. The number of anilines is 2. The number of nitrogens with one attached hydrogen (secondary N) is 1. The second-order valence-corrected chi connectivity index (χ2v) is 7.05. The molecular formula is C17H19BrN4O3. The minimum absolute atomic E-state index is 0.130. The fourth-order valence-electron chi connectivity index (χ4n) is 3.02. The second-order valence-electron chi connectivity index (χ2n) is 6.13. The van der Waals surface area contributed by atoms with E-state index in [0.29, 0.717) is 30.5 Å². The average Bonchev–Trinajstić information content (AvgIpc) is 2.60. The van der Waals surface area contributed by atoms with Gasteiger partial charge in [-0.1, -0.05) is 6.07 Å². The number of carboxylic acid groups (broad SMARTS) is 1. The number of hydrogen-bond donors (Lipinski definition) is 2. The van der Waals surface area contributed by atoms with Gasteiger partial charge in [-0.15, -0.1) is 0 Å². The van der Waals surface area contributed by atoms with E-state index in [1.165, 1.54) is 9.47 Å². The molecule has 0 atom stereocenters. The van der Waals surface area contributed by atoms with E-state index in [9.17, 15) is 9.59 Å². The molecule has 0 radical (unpaired) electrons. The van der Waals surface area contributed by atoms with Gasteiger partial charge in [-0.2, -0.15) is 0 Å². The van der Waals surface area contributed by atoms with Gasteiger partial charge in [0, 0.05) is 37.0 Å². The Hall–Kier alpha value is -2.35. The van der Waals surface area contributed by atoms with Crippen LogP contribution < -0.4 is 10.9 Å². The van der Waals surface area contributed by atoms with Gasteiger partial charge >= 0.3 is 6.09 Å². The lowest BCUT2D eigenvalue weighted by Crippen LogP contribution is -2.36. The molecule has 0 aromatic carbocycles. The number of carbonyl (C=O) groups is 1. The summed E-state index contributed by atoms with van der Waals surface area (Å²) in [6.45, 7) is 1.10. The molecule has 2 aromatic rings. The van der Waals surface area contributed by atoms with Crippen molar-refractivity contribution in [1.82, 2.24) is 14.5 Å². The van der Waals surface area contributed by atoms with Gasteiger partial charge < -0.3 is 19.9 Å². The smallest absolute Gasteiger partial charge is 0.407 e. The SMILES string of the molecule is Cn1cc(Br)cc(Nc2ccc(C3CCN(C(=O)O)CC3)cn2)c1=O. The molecule has 0 saturated carbocycles. The van der Waals surface area contributed by atoms with Crippen molar-refractivity contribution in [3.8, 4) is 0 Å². The largest absolute Gasteiger partial charge is 0.465 e. The highest BCUT2D eigenvalue weighted by atomic mass is 79.9. The van der Waals surface area contributed by atoms with Gasteiger partial charge in [-0.05, 0) is 52.4 Å². The molecule has 1 amide bonds. The number of pyridine rings is 2. The summed E-state index contributed by atoms with van der Waals surface area (Å²) in [5.74, 6) is 0.915. The van der Waals surface area contributed by atoms with Crippen LogP contribution in [0.1, 0.15) is 24.3 Å². The minimum Gasteiger partial charge on any atom is -0.465 e. The Morgan fingerprint density at radius 1 is 1.36 bits per heavy atom. The van der Waals surface area contributed by atoms with Crippen molar-refractivity contribution in [3.05, 3.63) is 51.0 Å². The zero-order valence-electron chi connectivity index (χ0n) is 13.8. The van der Waals surface area contributed by atoms with Gasteiger partial charge in [-0.3, -0.25) is 4.79 Å². The van der Waals surface area contributed by atoms with Crippen molar-refractivity contribution >= 4 is 33.5 Å². The number of nitrogens with zero attached hydrogens (tertiary/aromatic N) is 3. The monoisotopic (exact) mass is 406 g/mol. The average molecular weight is 407 g/mol. The van der Waals surface area contributed by atoms with E-state index >= 15 is 0 Å². The maximum absolute atomic E-state index is 12.1. The van der Waals surface area contributed by atoms with Gasteiger partial charge in [0.05, 0.1) is 0 Å². The quantitative estimate of drug-likeness (QED) is 0.817. The summed E-state index contributed by atoms with van der Waals surface area (Å²) in [4.78, 5) is 28.9. The first-order valence-electron chi connectivity index (χ1n) is 8.01. The fourth-order valence-corrected chi connectivity index (χ4v) is 3.56. The van der Waals surface area contributed by atoms with Gasteiger partial charge in [0.1, 0.15) is 11.5 Å². The van der Waals surface area contributed by atoms with Crippen LogP contribution in [0.25, 0.3) is 0 Å². The van der Waals surface area contributed by atoms with E-state index in [0.717, 1.165) is 22.9 Å². The Morgan fingerprint density at radius 3 is 2.68 bits per heavy atom. The van der Waals surface area contributed by atoms with E-state index in [1.807, 2.05) is 12.1 Å². The Labute approximate surface area is 153 Å². The molecule has 0 spiro atoms. The molecule has 1 aliphatic rings. The van der Waals surface area contributed by atoms with Crippen molar-refractivity contribution in [2.45, 2.75) is 18.8 Å². The third-order valence-electron chi connectivity index (χ3n) is 4.44. The lowest BCUT2D eigenvalue weighted by Gasteiger charge is -2.30. The Kier molecular flexibility index (Phi) is 5.08. The van der Waals surface area contributed by atoms with Crippen molar-refractivity contribution in [1.29, 1.82) is 0 Å². The predicted molar refractivity (Wildman–Crippen MR) is 98.5 cm³/mol. The number of likely N-dealkylation sites (tertiary alicyclic amines) is 1. The summed E-state index contributed by atoms with van der Waals surface area (Å²) < 4.78 is 2.30. The molecule has 132 valence electrons. The van der Waals surface area contributed by atoms with Crippen LogP contribution in [0.4, 0.5) is 16.3 Å². The van der Waals surface area contributed by atoms with Crippen LogP contribution >= 0.6 is 15.9 Å². The number of hydrogen-bond acceptors (Lipinski definition) is 4. The lowest BCUT2D eigenvalue weighted by atomic mass is 9.91. The van der Waals surface area contributed by atoms with E-state index in [1.54, 1.807) is 25.5 Å². The molecule has 3 heterocycles. The molecule has 0 bridgehead atoms. The van der Waals surface area contributed by atoms with E-state index < -0.39 is 6.09 Å². The Morgan fingerprint density at radius 2 is 2.08 bits per heavy atom. The third-order valence-corrected chi connectivity index (χ3v) is 4.87. The highest BCUT2D eigenvalue weighted by Crippen LogP contribution is 2.28. The summed E-state index contributed by atoms with van der Waals surface area (Å²) in [6, 6.07) is 5.55. The van der Waals surface area contributed by atoms with Crippen LogP contribution in [0.15, 0.2) is 39.9 Å². The molecule has 3 rings (SSSR count). The summed E-state index contributed by atoms with van der Waals surface area (Å²) in [6.07, 6.45) is 4.24. The maximum atomic E-state index is 12.1. The molecule has 2 aromatic heterocycles. The highest BCUT2D eigenvalue weighted by molar-refractivity contribution is 9.10. The molecule has 7 nitrogen and oxygen atoms in total. The summed E-state index contributed by atoms with van der Waals surface area (Å²) in [7, 11) is 1.69. The van der Waals surface area contributed by atoms with Crippen LogP contribution in [0.5, 0.6) is 0 Å². The van der Waals surface area contributed by atoms with Gasteiger partial charge in [0.25, 0.3) is 5.56 Å². The van der Waals surface area contributed by atoms with Gasteiger partial charge in [-0.25, -0.2) is 9.78 Å². The first-order valence-corrected chi connectivity index (χ1v) is 8.80. The summed E-state index contributed by atoms with van der Waals surface area (Å²) >= 11 is 3.37. The third kappa shape index (κ3) is 4.01. The van der Waals surface area contributed by atoms with Crippen LogP contribution in [0.2, 0.25) is 0 Å². The normalized spacial score (nSPS) is 15.2. The Bertz CT molecular complexity index is 827. The van der Waals surface area contributed by atoms with Gasteiger partial charge in [0.15, 0.2) is 0 Å². The minimum atomic E-state index is -0.855. The fraction of sp³-hybridized carbons (Fsp3) is 0.353. The molecule has 0 aliphatic carbocycles. The number of aryl methyl sites for hydroxylation is 1. The van der Waals surface area contributed by atoms with Crippen molar-refractivity contribution < 1.29 is 9.90 Å². The van der Waals surface area contributed by atoms with Crippen LogP contribution in [-0.4, -0.2) is 38.7 Å². The zero-order valence-corrected chi connectivity index (χ0v) is 15.4. The summed E-state index contributed by atoms with van der Waals surface area (Å²) in [5, 5.41) is 12.1. The van der Waals surface area contributed by atoms with Crippen LogP contribution in [0, 0.1) is 0 Å². The zero-order chi connectivity index (χ0) is 18.0. The molecule has 1 saturated heterocycles. The lowest BCUT2D eigenvalue weighted by molar-refractivity contribution is 0.132. The molecule has 0 unspecified atom stereocenters. The number of halogens is 1. The standard InChI is InChI=1S/C17H19BrN4O3/c1-21-10-13(18)8-14(16(21)23)20-15-3-2-12(9-19-15)11-4-6-22(7-5-11)17(24)25/h2-3,8-11H,4-7H2,1H3,(H,19,20)(H,24,25). The second kappa shape index (κ2) is 7.26. The molecule has 1 aliphatic heterocycles. The molecule has 25 heavy (non-hydrogen) atoms. The van der Waals surface area contributed by atoms with Crippen molar-refractivity contribution in [2.24, 2.45) is 7.05 Å². The molecule has 8 heteroatoms. The number of rotatable bonds is 3. The summed E-state index contributed by atoms with van der Waals surface area (Å²) in [5.41, 5.74) is 1.42. The van der Waals surface area contributed by atoms with E-state index in [2.05, 4.69) is 26.2 Å². The van der Waals surface area contributed by atoms with Crippen LogP contribution in [-0.2, 0) is 7.05 Å². The van der Waals surface area contributed by atoms with E-state index in [4.69, 9.17) is 5.11 Å². The van der Waals surface area contributed by atoms with E-state index in [-0.39, 0.29) is 5.56 Å². The molecular weight excluding hydrogens is 388 g/mol. The number of aromatic nitrogens is 2. The van der Waals surface area contributed by atoms with Crippen molar-refractivity contribution in [2.75, 3.05) is 18.4 Å². The number of piperidine rings is 1. The van der Waals surface area contributed by atoms with Crippen molar-refractivity contribution in [3.63, 3.8) is 0 Å². The van der Waals surface area contributed by atoms with Gasteiger partial charge in [0.2, 0.25) is 0 Å². The highest BCUT2D eigenvalue weighted by Gasteiger charge is 2.23. The topological polar surface area (TPSA) is 87.5 Å². The maximum Gasteiger partial charge on any atom is 0.407 e. The Balaban J connectivity index is 1.69.